The molecule has 0 saturated heterocycles. The average Bonchev–Trinajstić information content (AvgIpc) is 2.65. The average molecular weight is 269 g/mol. The van der Waals surface area contributed by atoms with Gasteiger partial charge in [-0.25, -0.2) is 0 Å². The van der Waals surface area contributed by atoms with Gasteiger partial charge in [-0.3, -0.25) is 4.68 Å². The van der Waals surface area contributed by atoms with Crippen LogP contribution in [-0.4, -0.2) is 28.1 Å². The zero-order valence-corrected chi connectivity index (χ0v) is 13.0. The molecular weight excluding hydrogens is 242 g/mol. The number of hydrogen-bond donors (Lipinski definition) is 1. The number of nitrogens with zero attached hydrogens (tertiary/aromatic N) is 2. The van der Waals surface area contributed by atoms with Crippen LogP contribution in [0.5, 0.6) is 0 Å². The Labute approximate surface area is 116 Å². The fraction of sp³-hybridized carbons (Fsp3) is 0.786. The summed E-state index contributed by atoms with van der Waals surface area (Å²) in [5.41, 5.74) is 1.11. The van der Waals surface area contributed by atoms with E-state index >= 15 is 0 Å². The molecular formula is C14H27N3S. The SMILES string of the molecule is CCCNC(C)CCCCSc1cc(C)nn1C. The smallest absolute Gasteiger partial charge is 0.0939 e. The minimum atomic E-state index is 0.661. The molecule has 1 atom stereocenters. The number of hydrogen-bond acceptors (Lipinski definition) is 3. The maximum absolute atomic E-state index is 4.36. The second-order valence-corrected chi connectivity index (χ2v) is 6.06. The summed E-state index contributed by atoms with van der Waals surface area (Å²) in [7, 11) is 2.02. The zero-order chi connectivity index (χ0) is 13.4. The van der Waals surface area contributed by atoms with E-state index in [1.165, 1.54) is 36.5 Å². The summed E-state index contributed by atoms with van der Waals surface area (Å²) >= 11 is 1.92. The maximum atomic E-state index is 4.36. The molecule has 3 nitrogen and oxygen atoms in total. The van der Waals surface area contributed by atoms with Gasteiger partial charge in [0.05, 0.1) is 10.7 Å². The van der Waals surface area contributed by atoms with Gasteiger partial charge in [-0.05, 0) is 51.5 Å². The molecule has 1 rings (SSSR count). The van der Waals surface area contributed by atoms with E-state index in [1.54, 1.807) is 0 Å². The third-order valence-corrected chi connectivity index (χ3v) is 4.15. The predicted octanol–water partition coefficient (Wildman–Crippen LogP) is 3.38. The van der Waals surface area contributed by atoms with Crippen molar-refractivity contribution in [3.05, 3.63) is 11.8 Å². The fourth-order valence-electron chi connectivity index (χ4n) is 1.94. The van der Waals surface area contributed by atoms with E-state index in [-0.39, 0.29) is 0 Å². The van der Waals surface area contributed by atoms with Crippen LogP contribution in [0.2, 0.25) is 0 Å². The molecule has 0 aromatic carbocycles. The Bertz CT molecular complexity index is 336. The van der Waals surface area contributed by atoms with Gasteiger partial charge < -0.3 is 5.32 Å². The highest BCUT2D eigenvalue weighted by Gasteiger charge is 2.03. The largest absolute Gasteiger partial charge is 0.314 e. The van der Waals surface area contributed by atoms with E-state index in [1.807, 2.05) is 30.4 Å². The van der Waals surface area contributed by atoms with Crippen LogP contribution in [0.4, 0.5) is 0 Å². The third-order valence-electron chi connectivity index (χ3n) is 2.98. The number of thioether (sulfide) groups is 1. The highest BCUT2D eigenvalue weighted by Crippen LogP contribution is 2.20. The number of unbranched alkanes of at least 4 members (excludes halogenated alkanes) is 1. The van der Waals surface area contributed by atoms with Crippen molar-refractivity contribution in [3.8, 4) is 0 Å². The van der Waals surface area contributed by atoms with Crippen LogP contribution < -0.4 is 5.32 Å². The molecule has 18 heavy (non-hydrogen) atoms. The minimum Gasteiger partial charge on any atom is -0.314 e. The molecule has 1 N–H and O–H groups in total. The lowest BCUT2D eigenvalue weighted by Gasteiger charge is -2.12. The van der Waals surface area contributed by atoms with Crippen molar-refractivity contribution in [1.29, 1.82) is 0 Å². The minimum absolute atomic E-state index is 0.661. The van der Waals surface area contributed by atoms with Gasteiger partial charge in [-0.2, -0.15) is 5.10 Å². The molecule has 1 aromatic heterocycles. The van der Waals surface area contributed by atoms with Crippen molar-refractivity contribution in [2.45, 2.75) is 57.5 Å². The van der Waals surface area contributed by atoms with E-state index < -0.39 is 0 Å². The first-order valence-corrected chi connectivity index (χ1v) is 7.99. The Balaban J connectivity index is 2.06. The monoisotopic (exact) mass is 269 g/mol. The van der Waals surface area contributed by atoms with Crippen LogP contribution in [0.1, 0.15) is 45.2 Å². The Morgan fingerprint density at radius 2 is 2.22 bits per heavy atom. The van der Waals surface area contributed by atoms with Crippen LogP contribution in [-0.2, 0) is 7.05 Å². The summed E-state index contributed by atoms with van der Waals surface area (Å²) < 4.78 is 1.98. The van der Waals surface area contributed by atoms with E-state index in [9.17, 15) is 0 Å². The van der Waals surface area contributed by atoms with Crippen molar-refractivity contribution in [2.24, 2.45) is 7.05 Å². The van der Waals surface area contributed by atoms with Crippen LogP contribution in [0, 0.1) is 6.92 Å². The van der Waals surface area contributed by atoms with E-state index in [0.29, 0.717) is 6.04 Å². The number of aryl methyl sites for hydroxylation is 2. The molecule has 0 aliphatic rings. The lowest BCUT2D eigenvalue weighted by Crippen LogP contribution is -2.26. The van der Waals surface area contributed by atoms with Gasteiger partial charge in [0.15, 0.2) is 0 Å². The van der Waals surface area contributed by atoms with Gasteiger partial charge in [-0.1, -0.05) is 13.3 Å². The highest BCUT2D eigenvalue weighted by atomic mass is 32.2. The quantitative estimate of drug-likeness (QED) is 0.550. The van der Waals surface area contributed by atoms with Gasteiger partial charge in [0.1, 0.15) is 0 Å². The first-order valence-electron chi connectivity index (χ1n) is 7.00. The van der Waals surface area contributed by atoms with Crippen molar-refractivity contribution in [1.82, 2.24) is 15.1 Å². The highest BCUT2D eigenvalue weighted by molar-refractivity contribution is 7.99. The normalized spacial score (nSPS) is 12.9. The summed E-state index contributed by atoms with van der Waals surface area (Å²) in [6.07, 6.45) is 5.10. The molecule has 0 radical (unpaired) electrons. The second-order valence-electron chi connectivity index (χ2n) is 4.95. The standard InChI is InChI=1S/C14H27N3S/c1-5-9-15-12(2)8-6-7-10-18-14-11-13(3)16-17(14)4/h11-12,15H,5-10H2,1-4H3. The topological polar surface area (TPSA) is 29.9 Å². The molecule has 104 valence electrons. The number of rotatable bonds is 9. The van der Waals surface area contributed by atoms with E-state index in [0.717, 1.165) is 12.2 Å². The molecule has 0 spiro atoms. The van der Waals surface area contributed by atoms with Crippen LogP contribution >= 0.6 is 11.8 Å². The molecule has 4 heteroatoms. The predicted molar refractivity (Wildman–Crippen MR) is 80.3 cm³/mol. The van der Waals surface area contributed by atoms with Gasteiger partial charge in [0.2, 0.25) is 0 Å². The first-order chi connectivity index (χ1) is 8.63. The fourth-order valence-corrected chi connectivity index (χ4v) is 2.98. The second kappa shape index (κ2) is 8.59. The molecule has 1 aromatic rings. The zero-order valence-electron chi connectivity index (χ0n) is 12.2. The van der Waals surface area contributed by atoms with Crippen LogP contribution in [0.3, 0.4) is 0 Å². The molecule has 0 bridgehead atoms. The van der Waals surface area contributed by atoms with Crippen molar-refractivity contribution >= 4 is 11.8 Å². The van der Waals surface area contributed by atoms with Crippen molar-refractivity contribution in [2.75, 3.05) is 12.3 Å². The Hall–Kier alpha value is -0.480. The lowest BCUT2D eigenvalue weighted by molar-refractivity contribution is 0.496. The van der Waals surface area contributed by atoms with E-state index in [4.69, 9.17) is 0 Å². The lowest BCUT2D eigenvalue weighted by atomic mass is 10.1. The van der Waals surface area contributed by atoms with Gasteiger partial charge in [0.25, 0.3) is 0 Å². The summed E-state index contributed by atoms with van der Waals surface area (Å²) in [5, 5.41) is 9.17. The molecule has 1 unspecified atom stereocenters. The summed E-state index contributed by atoms with van der Waals surface area (Å²) in [6, 6.07) is 2.82. The third kappa shape index (κ3) is 5.91. The first kappa shape index (κ1) is 15.6. The summed E-state index contributed by atoms with van der Waals surface area (Å²) in [6.45, 7) is 7.69. The summed E-state index contributed by atoms with van der Waals surface area (Å²) in [5.74, 6) is 1.19. The van der Waals surface area contributed by atoms with E-state index in [2.05, 4.69) is 30.3 Å². The van der Waals surface area contributed by atoms with Crippen LogP contribution in [0.25, 0.3) is 0 Å². The summed E-state index contributed by atoms with van der Waals surface area (Å²) in [4.78, 5) is 0. The molecule has 1 heterocycles. The Morgan fingerprint density at radius 3 is 2.83 bits per heavy atom. The van der Waals surface area contributed by atoms with Gasteiger partial charge in [-0.15, -0.1) is 11.8 Å². The molecule has 0 amide bonds. The molecule has 0 aliphatic carbocycles. The molecule has 0 fully saturated rings. The Morgan fingerprint density at radius 1 is 1.44 bits per heavy atom. The van der Waals surface area contributed by atoms with Gasteiger partial charge >= 0.3 is 0 Å². The van der Waals surface area contributed by atoms with Crippen molar-refractivity contribution < 1.29 is 0 Å². The maximum Gasteiger partial charge on any atom is 0.0939 e. The number of nitrogens with one attached hydrogen (secondary N) is 1. The number of aromatic nitrogens is 2. The van der Waals surface area contributed by atoms with Crippen molar-refractivity contribution in [3.63, 3.8) is 0 Å². The van der Waals surface area contributed by atoms with Gasteiger partial charge in [0, 0.05) is 13.1 Å². The molecule has 0 saturated carbocycles. The van der Waals surface area contributed by atoms with Crippen LogP contribution in [0.15, 0.2) is 11.1 Å². The Kier molecular flexibility index (Phi) is 7.44. The molecule has 0 aliphatic heterocycles.